The van der Waals surface area contributed by atoms with Gasteiger partial charge in [0.15, 0.2) is 0 Å². The number of nitrogens with one attached hydrogen (secondary N) is 1. The topological polar surface area (TPSA) is 79.5 Å². The second kappa shape index (κ2) is 4.58. The number of para-hydroxylation sites is 1. The summed E-state index contributed by atoms with van der Waals surface area (Å²) in [5.41, 5.74) is -0.700. The fraction of sp³-hybridized carbons (Fsp3) is 0.429. The highest BCUT2D eigenvalue weighted by Gasteiger charge is 2.37. The Hall–Kier alpha value is -1.37. The van der Waals surface area contributed by atoms with Crippen LogP contribution in [0.2, 0.25) is 0 Å². The zero-order valence-corrected chi connectivity index (χ0v) is 12.0. The van der Waals surface area contributed by atoms with Crippen molar-refractivity contribution >= 4 is 21.0 Å². The van der Waals surface area contributed by atoms with E-state index in [4.69, 9.17) is 4.42 Å². The van der Waals surface area contributed by atoms with Crippen molar-refractivity contribution in [2.24, 2.45) is 0 Å². The van der Waals surface area contributed by atoms with E-state index in [0.717, 1.165) is 5.39 Å². The van der Waals surface area contributed by atoms with Crippen LogP contribution in [0.15, 0.2) is 34.7 Å². The number of benzene rings is 1. The molecule has 0 saturated heterocycles. The third kappa shape index (κ3) is 2.59. The van der Waals surface area contributed by atoms with Gasteiger partial charge in [-0.1, -0.05) is 18.2 Å². The van der Waals surface area contributed by atoms with Gasteiger partial charge in [0.2, 0.25) is 10.0 Å². The van der Waals surface area contributed by atoms with Crippen LogP contribution in [-0.2, 0) is 15.6 Å². The fourth-order valence-corrected chi connectivity index (χ4v) is 3.55. The van der Waals surface area contributed by atoms with Crippen LogP contribution in [-0.4, -0.2) is 25.3 Å². The summed E-state index contributed by atoms with van der Waals surface area (Å²) in [5.74, 6) is 0.359. The van der Waals surface area contributed by atoms with Crippen molar-refractivity contribution < 1.29 is 17.9 Å². The number of furan rings is 1. The zero-order valence-electron chi connectivity index (χ0n) is 11.2. The van der Waals surface area contributed by atoms with Crippen molar-refractivity contribution in [3.05, 3.63) is 36.1 Å². The van der Waals surface area contributed by atoms with Crippen molar-refractivity contribution in [1.82, 2.24) is 4.72 Å². The second-order valence-corrected chi connectivity index (χ2v) is 7.53. The van der Waals surface area contributed by atoms with Crippen LogP contribution in [0, 0.1) is 0 Å². The summed E-state index contributed by atoms with van der Waals surface area (Å²) in [7, 11) is -3.31. The van der Waals surface area contributed by atoms with Gasteiger partial charge in [-0.3, -0.25) is 0 Å². The molecule has 1 heterocycles. The Morgan fingerprint density at radius 3 is 2.75 bits per heavy atom. The van der Waals surface area contributed by atoms with Gasteiger partial charge >= 0.3 is 0 Å². The Bertz CT molecular complexity index is 695. The first-order valence-electron chi connectivity index (χ1n) is 6.58. The SMILES string of the molecule is CC(O)(CNS(=O)(=O)C1CC1)c1cc2ccccc2o1. The van der Waals surface area contributed by atoms with Crippen molar-refractivity contribution in [2.45, 2.75) is 30.6 Å². The normalized spacial score (nSPS) is 19.1. The minimum absolute atomic E-state index is 0.0916. The Morgan fingerprint density at radius 1 is 1.40 bits per heavy atom. The third-order valence-electron chi connectivity index (χ3n) is 3.54. The Balaban J connectivity index is 1.80. The van der Waals surface area contributed by atoms with Crippen molar-refractivity contribution in [3.8, 4) is 0 Å². The molecule has 2 N–H and O–H groups in total. The third-order valence-corrected chi connectivity index (χ3v) is 5.43. The van der Waals surface area contributed by atoms with Crippen molar-refractivity contribution in [2.75, 3.05) is 6.54 Å². The molecule has 0 bridgehead atoms. The molecule has 5 nitrogen and oxygen atoms in total. The molecule has 3 rings (SSSR count). The van der Waals surface area contributed by atoms with Crippen molar-refractivity contribution in [1.29, 1.82) is 0 Å². The minimum Gasteiger partial charge on any atom is -0.458 e. The molecule has 6 heteroatoms. The molecule has 2 aromatic rings. The molecular formula is C14H17NO4S. The highest BCUT2D eigenvalue weighted by molar-refractivity contribution is 7.90. The van der Waals surface area contributed by atoms with Crippen LogP contribution in [0.25, 0.3) is 11.0 Å². The second-order valence-electron chi connectivity index (χ2n) is 5.49. The molecular weight excluding hydrogens is 278 g/mol. The number of rotatable bonds is 5. The van der Waals surface area contributed by atoms with Crippen LogP contribution >= 0.6 is 0 Å². The predicted octanol–water partition coefficient (Wildman–Crippen LogP) is 1.72. The molecule has 0 spiro atoms. The van der Waals surface area contributed by atoms with Gasteiger partial charge in [0.05, 0.1) is 5.25 Å². The number of fused-ring (bicyclic) bond motifs is 1. The van der Waals surface area contributed by atoms with E-state index in [9.17, 15) is 13.5 Å². The molecule has 0 radical (unpaired) electrons. The maximum Gasteiger partial charge on any atom is 0.214 e. The molecule has 0 amide bonds. The van der Waals surface area contributed by atoms with Gasteiger partial charge < -0.3 is 9.52 Å². The van der Waals surface area contributed by atoms with Gasteiger partial charge in [-0.25, -0.2) is 13.1 Å². The Labute approximate surface area is 117 Å². The predicted molar refractivity (Wildman–Crippen MR) is 75.7 cm³/mol. The van der Waals surface area contributed by atoms with E-state index in [-0.39, 0.29) is 11.8 Å². The molecule has 1 fully saturated rings. The van der Waals surface area contributed by atoms with Crippen LogP contribution in [0.1, 0.15) is 25.5 Å². The average molecular weight is 295 g/mol. The average Bonchev–Trinajstić information content (AvgIpc) is 3.16. The molecule has 1 atom stereocenters. The lowest BCUT2D eigenvalue weighted by molar-refractivity contribution is 0.0411. The maximum atomic E-state index is 11.8. The quantitative estimate of drug-likeness (QED) is 0.880. The van der Waals surface area contributed by atoms with Gasteiger partial charge in [0.25, 0.3) is 0 Å². The zero-order chi connectivity index (χ0) is 14.4. The molecule has 20 heavy (non-hydrogen) atoms. The van der Waals surface area contributed by atoms with E-state index >= 15 is 0 Å². The maximum absolute atomic E-state index is 11.8. The molecule has 1 unspecified atom stereocenters. The minimum atomic E-state index is -3.31. The van der Waals surface area contributed by atoms with E-state index in [2.05, 4.69) is 4.72 Å². The first-order chi connectivity index (χ1) is 9.38. The number of sulfonamides is 1. The largest absolute Gasteiger partial charge is 0.458 e. The van der Waals surface area contributed by atoms with Crippen LogP contribution < -0.4 is 4.72 Å². The van der Waals surface area contributed by atoms with Gasteiger partial charge in [-0.05, 0) is 31.9 Å². The van der Waals surface area contributed by atoms with Crippen LogP contribution in [0.5, 0.6) is 0 Å². The van der Waals surface area contributed by atoms with Crippen molar-refractivity contribution in [3.63, 3.8) is 0 Å². The van der Waals surface area contributed by atoms with Crippen LogP contribution in [0.4, 0.5) is 0 Å². The summed E-state index contributed by atoms with van der Waals surface area (Å²) in [4.78, 5) is 0. The summed E-state index contributed by atoms with van der Waals surface area (Å²) in [6.07, 6.45) is 1.39. The van der Waals surface area contributed by atoms with E-state index < -0.39 is 15.6 Å². The molecule has 1 aliphatic carbocycles. The first kappa shape index (κ1) is 13.6. The van der Waals surface area contributed by atoms with E-state index in [1.807, 2.05) is 24.3 Å². The Kier molecular flexibility index (Phi) is 3.12. The summed E-state index contributed by atoms with van der Waals surface area (Å²) in [6, 6.07) is 9.16. The molecule has 1 aromatic heterocycles. The molecule has 1 aromatic carbocycles. The molecule has 1 saturated carbocycles. The summed E-state index contributed by atoms with van der Waals surface area (Å²) >= 11 is 0. The summed E-state index contributed by atoms with van der Waals surface area (Å²) < 4.78 is 31.6. The lowest BCUT2D eigenvalue weighted by Crippen LogP contribution is -2.39. The first-order valence-corrected chi connectivity index (χ1v) is 8.13. The van der Waals surface area contributed by atoms with Gasteiger partial charge in [-0.15, -0.1) is 0 Å². The monoisotopic (exact) mass is 295 g/mol. The molecule has 1 aliphatic rings. The lowest BCUT2D eigenvalue weighted by atomic mass is 10.0. The lowest BCUT2D eigenvalue weighted by Gasteiger charge is -2.21. The number of hydrogen-bond acceptors (Lipinski definition) is 4. The smallest absolute Gasteiger partial charge is 0.214 e. The fourth-order valence-electron chi connectivity index (χ4n) is 2.07. The highest BCUT2D eigenvalue weighted by Crippen LogP contribution is 2.30. The molecule has 0 aliphatic heterocycles. The van der Waals surface area contributed by atoms with Crippen LogP contribution in [0.3, 0.4) is 0 Å². The summed E-state index contributed by atoms with van der Waals surface area (Å²) in [6.45, 7) is 1.45. The standard InChI is InChI=1S/C14H17NO4S/c1-14(16,9-15-20(17,18)11-6-7-11)13-8-10-4-2-3-5-12(10)19-13/h2-5,8,11,15-16H,6-7,9H2,1H3. The van der Waals surface area contributed by atoms with Gasteiger partial charge in [-0.2, -0.15) is 0 Å². The molecule has 108 valence electrons. The summed E-state index contributed by atoms with van der Waals surface area (Å²) in [5, 5.41) is 11.0. The van der Waals surface area contributed by atoms with E-state index in [1.54, 1.807) is 13.0 Å². The highest BCUT2D eigenvalue weighted by atomic mass is 32.2. The van der Waals surface area contributed by atoms with E-state index in [1.165, 1.54) is 0 Å². The Morgan fingerprint density at radius 2 is 2.10 bits per heavy atom. The van der Waals surface area contributed by atoms with E-state index in [0.29, 0.717) is 24.2 Å². The number of aliphatic hydroxyl groups is 1. The number of hydrogen-bond donors (Lipinski definition) is 2. The van der Waals surface area contributed by atoms with Gasteiger partial charge in [0, 0.05) is 11.9 Å². The van der Waals surface area contributed by atoms with Gasteiger partial charge in [0.1, 0.15) is 16.9 Å².